The predicted octanol–water partition coefficient (Wildman–Crippen LogP) is 2.31. The van der Waals surface area contributed by atoms with Gasteiger partial charge in [-0.3, -0.25) is 9.78 Å². The van der Waals surface area contributed by atoms with Crippen molar-refractivity contribution in [1.82, 2.24) is 4.98 Å². The zero-order valence-corrected chi connectivity index (χ0v) is 12.3. The molecule has 0 bridgehead atoms. The third-order valence-electron chi connectivity index (χ3n) is 2.72. The Hall–Kier alpha value is -2.47. The molecule has 0 atom stereocenters. The number of hydrogen-bond donors (Lipinski definition) is 2. The number of thiocarbonyl (C=S) groups is 1. The first kappa shape index (κ1) is 14.9. The van der Waals surface area contributed by atoms with Crippen LogP contribution in [-0.2, 0) is 0 Å². The number of pyridine rings is 1. The number of anilines is 1. The van der Waals surface area contributed by atoms with Gasteiger partial charge in [0.15, 0.2) is 0 Å². The average Bonchev–Trinajstić information content (AvgIpc) is 2.46. The van der Waals surface area contributed by atoms with Gasteiger partial charge in [-0.05, 0) is 31.2 Å². The molecule has 0 aliphatic carbocycles. The molecule has 2 rings (SSSR count). The van der Waals surface area contributed by atoms with Gasteiger partial charge in [0.2, 0.25) is 0 Å². The Labute approximate surface area is 128 Å². The average molecular weight is 301 g/mol. The van der Waals surface area contributed by atoms with Crippen molar-refractivity contribution in [2.24, 2.45) is 5.73 Å². The minimum atomic E-state index is -0.216. The van der Waals surface area contributed by atoms with Crippen molar-refractivity contribution >= 4 is 28.8 Å². The minimum Gasteiger partial charge on any atom is -0.486 e. The van der Waals surface area contributed by atoms with E-state index in [1.807, 2.05) is 0 Å². The summed E-state index contributed by atoms with van der Waals surface area (Å²) in [5.74, 6) is 0.371. The monoisotopic (exact) mass is 301 g/mol. The van der Waals surface area contributed by atoms with Crippen LogP contribution in [0, 0.1) is 6.92 Å². The second-order valence-electron chi connectivity index (χ2n) is 4.37. The first-order valence-electron chi connectivity index (χ1n) is 6.30. The number of hydrogen-bond acceptors (Lipinski definition) is 4. The molecule has 0 aliphatic heterocycles. The Morgan fingerprint density at radius 1 is 1.38 bits per heavy atom. The molecule has 1 aromatic heterocycles. The smallest absolute Gasteiger partial charge is 0.257 e. The molecule has 0 radical (unpaired) electrons. The third kappa shape index (κ3) is 4.25. The van der Waals surface area contributed by atoms with E-state index in [0.717, 1.165) is 0 Å². The summed E-state index contributed by atoms with van der Waals surface area (Å²) < 4.78 is 5.39. The van der Waals surface area contributed by atoms with Crippen LogP contribution in [0.4, 0.5) is 5.69 Å². The standard InChI is InChI=1S/C15H15N3O2S/c1-10-13(6-3-7-17-10)15(19)18-11-4-2-5-12(8-11)20-9-14(16)21/h2-8H,9H2,1H3,(H2,16,21)(H,18,19). The molecule has 6 heteroatoms. The number of aryl methyl sites for hydroxylation is 1. The van der Waals surface area contributed by atoms with E-state index in [9.17, 15) is 4.79 Å². The SMILES string of the molecule is Cc1ncccc1C(=O)Nc1cccc(OCC(N)=S)c1. The number of carbonyl (C=O) groups is 1. The molecule has 0 aliphatic rings. The van der Waals surface area contributed by atoms with Crippen molar-refractivity contribution in [3.05, 3.63) is 53.9 Å². The van der Waals surface area contributed by atoms with Crippen LogP contribution in [0.3, 0.4) is 0 Å². The summed E-state index contributed by atoms with van der Waals surface area (Å²) in [5, 5.41) is 2.80. The third-order valence-corrected chi connectivity index (χ3v) is 2.84. The zero-order valence-electron chi connectivity index (χ0n) is 11.5. The second kappa shape index (κ2) is 6.81. The van der Waals surface area contributed by atoms with Crippen molar-refractivity contribution in [3.8, 4) is 5.75 Å². The molecule has 3 N–H and O–H groups in total. The van der Waals surface area contributed by atoms with Crippen molar-refractivity contribution in [2.45, 2.75) is 6.92 Å². The lowest BCUT2D eigenvalue weighted by Crippen LogP contribution is -2.18. The van der Waals surface area contributed by atoms with Crippen LogP contribution in [0.25, 0.3) is 0 Å². The van der Waals surface area contributed by atoms with Gasteiger partial charge in [0.05, 0.1) is 5.56 Å². The van der Waals surface area contributed by atoms with Gasteiger partial charge in [-0.15, -0.1) is 0 Å². The van der Waals surface area contributed by atoms with Crippen molar-refractivity contribution in [2.75, 3.05) is 11.9 Å². The van der Waals surface area contributed by atoms with E-state index < -0.39 is 0 Å². The summed E-state index contributed by atoms with van der Waals surface area (Å²) in [6.07, 6.45) is 1.65. The minimum absolute atomic E-state index is 0.161. The molecule has 0 spiro atoms. The van der Waals surface area contributed by atoms with Gasteiger partial charge in [0.1, 0.15) is 17.3 Å². The van der Waals surface area contributed by atoms with E-state index in [4.69, 9.17) is 22.7 Å². The summed E-state index contributed by atoms with van der Waals surface area (Å²) in [4.78, 5) is 16.5. The molecule has 0 unspecified atom stereocenters. The first-order valence-corrected chi connectivity index (χ1v) is 6.71. The Morgan fingerprint density at radius 2 is 2.19 bits per heavy atom. The number of nitrogens with one attached hydrogen (secondary N) is 1. The van der Waals surface area contributed by atoms with Crippen LogP contribution in [0.5, 0.6) is 5.75 Å². The van der Waals surface area contributed by atoms with E-state index in [1.165, 1.54) is 0 Å². The van der Waals surface area contributed by atoms with Crippen LogP contribution < -0.4 is 15.8 Å². The zero-order chi connectivity index (χ0) is 15.2. The van der Waals surface area contributed by atoms with Crippen LogP contribution >= 0.6 is 12.2 Å². The largest absolute Gasteiger partial charge is 0.486 e. The Bertz CT molecular complexity index is 673. The molecule has 21 heavy (non-hydrogen) atoms. The number of rotatable bonds is 5. The second-order valence-corrected chi connectivity index (χ2v) is 4.90. The molecule has 108 valence electrons. The Morgan fingerprint density at radius 3 is 2.90 bits per heavy atom. The van der Waals surface area contributed by atoms with E-state index in [1.54, 1.807) is 49.5 Å². The highest BCUT2D eigenvalue weighted by atomic mass is 32.1. The topological polar surface area (TPSA) is 77.2 Å². The van der Waals surface area contributed by atoms with Gasteiger partial charge in [-0.25, -0.2) is 0 Å². The van der Waals surface area contributed by atoms with Crippen LogP contribution in [0.15, 0.2) is 42.6 Å². The molecule has 1 aromatic carbocycles. The number of carbonyl (C=O) groups excluding carboxylic acids is 1. The van der Waals surface area contributed by atoms with Crippen LogP contribution in [-0.4, -0.2) is 22.5 Å². The lowest BCUT2D eigenvalue weighted by Gasteiger charge is -2.09. The highest BCUT2D eigenvalue weighted by molar-refractivity contribution is 7.80. The van der Waals surface area contributed by atoms with E-state index in [-0.39, 0.29) is 17.5 Å². The number of aromatic nitrogens is 1. The fraction of sp³-hybridized carbons (Fsp3) is 0.133. The fourth-order valence-electron chi connectivity index (χ4n) is 1.74. The number of amides is 1. The molecule has 0 saturated carbocycles. The molecule has 0 saturated heterocycles. The molecule has 5 nitrogen and oxygen atoms in total. The lowest BCUT2D eigenvalue weighted by atomic mass is 10.2. The summed E-state index contributed by atoms with van der Waals surface area (Å²) in [7, 11) is 0. The number of nitrogens with two attached hydrogens (primary N) is 1. The summed E-state index contributed by atoms with van der Waals surface area (Å²) in [5.41, 5.74) is 7.22. The molecule has 1 amide bonds. The van der Waals surface area contributed by atoms with E-state index in [0.29, 0.717) is 22.7 Å². The Kier molecular flexibility index (Phi) is 4.84. The van der Waals surface area contributed by atoms with E-state index >= 15 is 0 Å². The van der Waals surface area contributed by atoms with Gasteiger partial charge in [0, 0.05) is 23.6 Å². The maximum atomic E-state index is 12.2. The molecule has 0 fully saturated rings. The molecular weight excluding hydrogens is 286 g/mol. The highest BCUT2D eigenvalue weighted by Gasteiger charge is 2.09. The summed E-state index contributed by atoms with van der Waals surface area (Å²) in [6, 6.07) is 10.5. The highest BCUT2D eigenvalue weighted by Crippen LogP contribution is 2.18. The van der Waals surface area contributed by atoms with Crippen LogP contribution in [0.1, 0.15) is 16.1 Å². The normalized spacial score (nSPS) is 9.95. The number of ether oxygens (including phenoxy) is 1. The number of benzene rings is 1. The fourth-order valence-corrected chi connectivity index (χ4v) is 1.80. The Balaban J connectivity index is 2.09. The van der Waals surface area contributed by atoms with Gasteiger partial charge in [-0.1, -0.05) is 18.3 Å². The quantitative estimate of drug-likeness (QED) is 0.829. The van der Waals surface area contributed by atoms with Crippen molar-refractivity contribution in [1.29, 1.82) is 0 Å². The molecule has 1 heterocycles. The van der Waals surface area contributed by atoms with Crippen molar-refractivity contribution in [3.63, 3.8) is 0 Å². The van der Waals surface area contributed by atoms with Gasteiger partial charge < -0.3 is 15.8 Å². The van der Waals surface area contributed by atoms with Crippen LogP contribution in [0.2, 0.25) is 0 Å². The maximum Gasteiger partial charge on any atom is 0.257 e. The predicted molar refractivity (Wildman–Crippen MR) is 85.6 cm³/mol. The summed E-state index contributed by atoms with van der Waals surface area (Å²) in [6.45, 7) is 1.95. The van der Waals surface area contributed by atoms with Gasteiger partial charge in [-0.2, -0.15) is 0 Å². The first-order chi connectivity index (χ1) is 10.1. The maximum absolute atomic E-state index is 12.2. The molecule has 2 aromatic rings. The van der Waals surface area contributed by atoms with Gasteiger partial charge >= 0.3 is 0 Å². The van der Waals surface area contributed by atoms with Crippen molar-refractivity contribution < 1.29 is 9.53 Å². The summed E-state index contributed by atoms with van der Waals surface area (Å²) >= 11 is 4.75. The lowest BCUT2D eigenvalue weighted by molar-refractivity contribution is 0.102. The van der Waals surface area contributed by atoms with E-state index in [2.05, 4.69) is 10.3 Å². The molecular formula is C15H15N3O2S. The number of nitrogens with zero attached hydrogens (tertiary/aromatic N) is 1. The van der Waals surface area contributed by atoms with Gasteiger partial charge in [0.25, 0.3) is 5.91 Å².